The zero-order chi connectivity index (χ0) is 22.6. The molecule has 3 aliphatic rings. The van der Waals surface area contributed by atoms with Crippen LogP contribution in [0.3, 0.4) is 0 Å². The molecule has 0 bridgehead atoms. The minimum atomic E-state index is -0.896. The lowest BCUT2D eigenvalue weighted by atomic mass is 9.73. The molecule has 1 spiro atoms. The highest BCUT2D eigenvalue weighted by atomic mass is 35.5. The number of anilines is 1. The van der Waals surface area contributed by atoms with Gasteiger partial charge in [0.05, 0.1) is 24.0 Å². The summed E-state index contributed by atoms with van der Waals surface area (Å²) in [5.41, 5.74) is 11.3. The van der Waals surface area contributed by atoms with Gasteiger partial charge in [-0.2, -0.15) is 0 Å². The zero-order valence-electron chi connectivity index (χ0n) is 18.1. The van der Waals surface area contributed by atoms with E-state index in [9.17, 15) is 5.02 Å². The summed E-state index contributed by atoms with van der Waals surface area (Å²) < 4.78 is 5.27. The highest BCUT2D eigenvalue weighted by molar-refractivity contribution is 7.99. The van der Waals surface area contributed by atoms with Crippen LogP contribution in [0.1, 0.15) is 35.6 Å². The quantitative estimate of drug-likeness (QED) is 0.559. The van der Waals surface area contributed by atoms with E-state index in [4.69, 9.17) is 22.0 Å². The average molecular weight is 479 g/mol. The lowest BCUT2D eigenvalue weighted by molar-refractivity contribution is 0.187. The van der Waals surface area contributed by atoms with Gasteiger partial charge in [0.2, 0.25) is 0 Å². The summed E-state index contributed by atoms with van der Waals surface area (Å²) in [5, 5.41) is 11.2. The van der Waals surface area contributed by atoms with Crippen LogP contribution in [0.5, 0.6) is 0 Å². The zero-order valence-corrected chi connectivity index (χ0v) is 19.6. The molecule has 6 rings (SSSR count). The average Bonchev–Trinajstić information content (AvgIpc) is 3.32. The molecule has 1 fully saturated rings. The molecule has 0 unspecified atom stereocenters. The minimum absolute atomic E-state index is 0.115. The third-order valence-electron chi connectivity index (χ3n) is 7.36. The summed E-state index contributed by atoms with van der Waals surface area (Å²) in [4.78, 5) is 12.5. The van der Waals surface area contributed by atoms with Crippen LogP contribution < -0.4 is 16.1 Å². The fourth-order valence-electron chi connectivity index (χ4n) is 5.43. The van der Waals surface area contributed by atoms with Crippen molar-refractivity contribution in [2.45, 2.75) is 41.8 Å². The highest BCUT2D eigenvalue weighted by Gasteiger charge is 2.45. The predicted molar refractivity (Wildman–Crippen MR) is 131 cm³/mol. The summed E-state index contributed by atoms with van der Waals surface area (Å²) in [5.74, 6) is 0.898. The summed E-state index contributed by atoms with van der Waals surface area (Å²) in [6.07, 6.45) is 6.83. The summed E-state index contributed by atoms with van der Waals surface area (Å²) in [7, 11) is -0.896. The number of halogens is 1. The van der Waals surface area contributed by atoms with Crippen molar-refractivity contribution in [3.63, 3.8) is 0 Å². The largest absolute Gasteiger partial charge is 0.491 e. The second kappa shape index (κ2) is 8.29. The Kier molecular flexibility index (Phi) is 5.38. The first-order valence-electron chi connectivity index (χ1n) is 11.2. The second-order valence-corrected chi connectivity index (χ2v) is 10.6. The molecular weight excluding hydrogens is 455 g/mol. The predicted octanol–water partition coefficient (Wildman–Crippen LogP) is 3.34. The Bertz CT molecular complexity index is 1200. The Balaban J connectivity index is 1.13. The van der Waals surface area contributed by atoms with Crippen molar-refractivity contribution in [2.75, 3.05) is 18.0 Å². The second-order valence-electron chi connectivity index (χ2n) is 9.16. The number of piperidine rings is 1. The van der Waals surface area contributed by atoms with Gasteiger partial charge in [0.1, 0.15) is 10.8 Å². The van der Waals surface area contributed by atoms with Crippen molar-refractivity contribution in [2.24, 2.45) is 11.1 Å². The number of aromatic nitrogens is 2. The molecule has 2 aliphatic heterocycles. The van der Waals surface area contributed by atoms with E-state index in [1.807, 2.05) is 12.3 Å². The van der Waals surface area contributed by atoms with E-state index in [-0.39, 0.29) is 11.5 Å². The standard InChI is InChI=1S/C24H24BClN4O2S/c26-19-10-18-16(14-32-25(18)31)9-20(19)33-22-13-28-21(12-29-22)30-7-5-24(6-8-30)11-15-3-1-2-4-17(15)23(24)27/h1-4,9-10,12-13,23,31H,5-8,11,14,27H2/t23-/m1/s1. The van der Waals surface area contributed by atoms with Crippen LogP contribution in [0.25, 0.3) is 0 Å². The number of rotatable bonds is 3. The fraction of sp³-hybridized carbons (Fsp3) is 0.333. The monoisotopic (exact) mass is 478 g/mol. The Labute approximate surface area is 202 Å². The smallest absolute Gasteiger partial charge is 0.423 e. The molecule has 6 nitrogen and oxygen atoms in total. The van der Waals surface area contributed by atoms with Gasteiger partial charge in [0.25, 0.3) is 0 Å². The van der Waals surface area contributed by atoms with Crippen LogP contribution >= 0.6 is 23.4 Å². The van der Waals surface area contributed by atoms with Crippen molar-refractivity contribution in [3.8, 4) is 0 Å². The lowest BCUT2D eigenvalue weighted by Gasteiger charge is -2.42. The third-order valence-corrected chi connectivity index (χ3v) is 8.76. The molecule has 3 heterocycles. The summed E-state index contributed by atoms with van der Waals surface area (Å²) in [6.45, 7) is 2.25. The first kappa shape index (κ1) is 21.4. The van der Waals surface area contributed by atoms with Gasteiger partial charge in [-0.1, -0.05) is 47.6 Å². The normalized spacial score (nSPS) is 20.9. The van der Waals surface area contributed by atoms with Gasteiger partial charge in [-0.3, -0.25) is 0 Å². The van der Waals surface area contributed by atoms with Gasteiger partial charge in [-0.05, 0) is 59.0 Å². The Hall–Kier alpha value is -2.10. The SMILES string of the molecule is N[C@@H]1c2ccccc2CC12CCN(c1cnc(Sc3cc4c(cc3Cl)B(O)OC4)cn1)CC2. The fourth-order valence-corrected chi connectivity index (χ4v) is 6.51. The molecule has 1 saturated heterocycles. The molecule has 0 radical (unpaired) electrons. The maximum atomic E-state index is 9.85. The van der Waals surface area contributed by atoms with E-state index < -0.39 is 7.12 Å². The first-order valence-corrected chi connectivity index (χ1v) is 12.4. The molecular formula is C24H24BClN4O2S. The van der Waals surface area contributed by atoms with Crippen molar-refractivity contribution >= 4 is 41.8 Å². The number of benzene rings is 2. The molecule has 0 amide bonds. The number of fused-ring (bicyclic) bond motifs is 2. The van der Waals surface area contributed by atoms with Crippen LogP contribution in [-0.2, 0) is 17.7 Å². The Morgan fingerprint density at radius 1 is 1.15 bits per heavy atom. The maximum absolute atomic E-state index is 9.85. The van der Waals surface area contributed by atoms with E-state index in [1.54, 1.807) is 12.3 Å². The molecule has 2 aromatic carbocycles. The number of nitrogens with zero attached hydrogens (tertiary/aromatic N) is 3. The molecule has 9 heteroatoms. The molecule has 33 heavy (non-hydrogen) atoms. The van der Waals surface area contributed by atoms with E-state index in [2.05, 4.69) is 39.1 Å². The van der Waals surface area contributed by atoms with Gasteiger partial charge in [-0.15, -0.1) is 0 Å². The molecule has 3 aromatic rings. The maximum Gasteiger partial charge on any atom is 0.491 e. The van der Waals surface area contributed by atoms with E-state index in [1.165, 1.54) is 22.9 Å². The van der Waals surface area contributed by atoms with Gasteiger partial charge >= 0.3 is 7.12 Å². The number of nitrogens with two attached hydrogens (primary N) is 1. The first-order chi connectivity index (χ1) is 16.0. The third kappa shape index (κ3) is 3.74. The van der Waals surface area contributed by atoms with Gasteiger partial charge < -0.3 is 20.3 Å². The van der Waals surface area contributed by atoms with Crippen LogP contribution in [0, 0.1) is 5.41 Å². The molecule has 1 aliphatic carbocycles. The Morgan fingerprint density at radius 2 is 1.97 bits per heavy atom. The number of hydrogen-bond acceptors (Lipinski definition) is 7. The molecule has 168 valence electrons. The van der Waals surface area contributed by atoms with Crippen molar-refractivity contribution in [3.05, 3.63) is 70.5 Å². The summed E-state index contributed by atoms with van der Waals surface area (Å²) in [6, 6.07) is 12.5. The molecule has 1 atom stereocenters. The van der Waals surface area contributed by atoms with Gasteiger partial charge in [0.15, 0.2) is 0 Å². The summed E-state index contributed by atoms with van der Waals surface area (Å²) >= 11 is 7.89. The highest BCUT2D eigenvalue weighted by Crippen LogP contribution is 2.50. The van der Waals surface area contributed by atoms with E-state index in [0.717, 1.165) is 59.1 Å². The van der Waals surface area contributed by atoms with Crippen molar-refractivity contribution < 1.29 is 9.68 Å². The van der Waals surface area contributed by atoms with E-state index in [0.29, 0.717) is 11.6 Å². The molecule has 3 N–H and O–H groups in total. The van der Waals surface area contributed by atoms with Crippen molar-refractivity contribution in [1.82, 2.24) is 9.97 Å². The Morgan fingerprint density at radius 3 is 2.73 bits per heavy atom. The van der Waals surface area contributed by atoms with E-state index >= 15 is 0 Å². The van der Waals surface area contributed by atoms with Crippen LogP contribution in [0.4, 0.5) is 5.82 Å². The topological polar surface area (TPSA) is 84.5 Å². The van der Waals surface area contributed by atoms with Crippen LogP contribution in [0.2, 0.25) is 5.02 Å². The van der Waals surface area contributed by atoms with Crippen LogP contribution in [-0.4, -0.2) is 35.2 Å². The number of hydrogen-bond donors (Lipinski definition) is 2. The van der Waals surface area contributed by atoms with Gasteiger partial charge in [0, 0.05) is 24.0 Å². The minimum Gasteiger partial charge on any atom is -0.423 e. The van der Waals surface area contributed by atoms with Gasteiger partial charge in [-0.25, -0.2) is 9.97 Å². The van der Waals surface area contributed by atoms with Crippen LogP contribution in [0.15, 0.2) is 58.7 Å². The lowest BCUT2D eigenvalue weighted by Crippen LogP contribution is -2.44. The molecule has 1 aromatic heterocycles. The van der Waals surface area contributed by atoms with Crippen molar-refractivity contribution in [1.29, 1.82) is 0 Å². The molecule has 0 saturated carbocycles.